The Bertz CT molecular complexity index is 893. The molecule has 0 aliphatic heterocycles. The van der Waals surface area contributed by atoms with Crippen LogP contribution in [0.2, 0.25) is 10.0 Å². The number of benzene rings is 1. The van der Waals surface area contributed by atoms with E-state index in [-0.39, 0.29) is 5.91 Å². The van der Waals surface area contributed by atoms with Gasteiger partial charge in [-0.3, -0.25) is 9.78 Å². The van der Waals surface area contributed by atoms with E-state index in [1.165, 1.54) is 6.08 Å². The fourth-order valence-corrected chi connectivity index (χ4v) is 2.71. The Hall–Kier alpha value is -2.56. The van der Waals surface area contributed by atoms with E-state index in [4.69, 9.17) is 27.6 Å². The Labute approximate surface area is 161 Å². The van der Waals surface area contributed by atoms with Crippen molar-refractivity contribution in [1.29, 1.82) is 0 Å². The third-order valence-electron chi connectivity index (χ3n) is 3.70. The molecule has 0 aliphatic carbocycles. The first-order chi connectivity index (χ1) is 12.6. The summed E-state index contributed by atoms with van der Waals surface area (Å²) in [5.74, 6) is 0.571. The molecule has 0 saturated heterocycles. The summed E-state index contributed by atoms with van der Waals surface area (Å²) in [4.78, 5) is 18.5. The van der Waals surface area contributed by atoms with Gasteiger partial charge in [0, 0.05) is 25.0 Å². The summed E-state index contributed by atoms with van der Waals surface area (Å²) in [6.45, 7) is 0.797. The maximum absolute atomic E-state index is 12.7. The molecule has 1 aromatic carbocycles. The largest absolute Gasteiger partial charge is 0.467 e. The van der Waals surface area contributed by atoms with Crippen LogP contribution >= 0.6 is 23.2 Å². The second kappa shape index (κ2) is 8.70. The van der Waals surface area contributed by atoms with Gasteiger partial charge in [0.05, 0.1) is 22.9 Å². The lowest BCUT2D eigenvalue weighted by Crippen LogP contribution is -2.28. The first-order valence-corrected chi connectivity index (χ1v) is 8.71. The minimum absolute atomic E-state index is 0.142. The second-order valence-corrected chi connectivity index (χ2v) is 6.46. The average molecular weight is 387 g/mol. The summed E-state index contributed by atoms with van der Waals surface area (Å²) in [7, 11) is 0. The van der Waals surface area contributed by atoms with Crippen LogP contribution in [0.5, 0.6) is 0 Å². The third-order valence-corrected chi connectivity index (χ3v) is 4.44. The molecular weight excluding hydrogens is 371 g/mol. The zero-order chi connectivity index (χ0) is 18.4. The van der Waals surface area contributed by atoms with Crippen LogP contribution in [-0.4, -0.2) is 15.8 Å². The molecule has 0 saturated carbocycles. The minimum Gasteiger partial charge on any atom is -0.467 e. The van der Waals surface area contributed by atoms with Crippen molar-refractivity contribution in [1.82, 2.24) is 9.88 Å². The molecule has 132 valence electrons. The Morgan fingerprint density at radius 2 is 2.00 bits per heavy atom. The lowest BCUT2D eigenvalue weighted by Gasteiger charge is -2.20. The molecule has 0 spiro atoms. The minimum atomic E-state index is -0.142. The molecule has 3 aromatic rings. The van der Waals surface area contributed by atoms with E-state index in [0.29, 0.717) is 28.9 Å². The Morgan fingerprint density at radius 3 is 2.69 bits per heavy atom. The number of carbonyl (C=O) groups excluding carboxylic acids is 1. The standard InChI is InChI=1S/C20H16Cl2N2O2/c21-18-7-5-15(11-19(18)22)6-8-20(25)24(14-17-4-2-10-26-17)13-16-3-1-9-23-12-16/h1-12H,13-14H2/b8-6+. The van der Waals surface area contributed by atoms with Gasteiger partial charge in [-0.15, -0.1) is 0 Å². The van der Waals surface area contributed by atoms with Gasteiger partial charge in [0.1, 0.15) is 5.76 Å². The molecule has 0 aliphatic rings. The number of rotatable bonds is 6. The number of hydrogen-bond donors (Lipinski definition) is 0. The first-order valence-electron chi connectivity index (χ1n) is 7.95. The predicted octanol–water partition coefficient (Wildman–Crippen LogP) is 5.22. The maximum Gasteiger partial charge on any atom is 0.247 e. The molecule has 1 amide bonds. The van der Waals surface area contributed by atoms with E-state index in [1.807, 2.05) is 18.2 Å². The van der Waals surface area contributed by atoms with E-state index in [0.717, 1.165) is 11.1 Å². The van der Waals surface area contributed by atoms with Crippen LogP contribution < -0.4 is 0 Å². The third kappa shape index (κ3) is 4.97. The van der Waals surface area contributed by atoms with Gasteiger partial charge in [-0.2, -0.15) is 0 Å². The van der Waals surface area contributed by atoms with Crippen LogP contribution in [0.25, 0.3) is 6.08 Å². The van der Waals surface area contributed by atoms with E-state index in [1.54, 1.807) is 53.9 Å². The number of nitrogens with zero attached hydrogens (tertiary/aromatic N) is 2. The smallest absolute Gasteiger partial charge is 0.247 e. The first kappa shape index (κ1) is 18.2. The summed E-state index contributed by atoms with van der Waals surface area (Å²) in [5, 5.41) is 0.926. The van der Waals surface area contributed by atoms with Crippen molar-refractivity contribution in [3.8, 4) is 0 Å². The van der Waals surface area contributed by atoms with E-state index in [2.05, 4.69) is 4.98 Å². The van der Waals surface area contributed by atoms with Crippen LogP contribution in [0, 0.1) is 0 Å². The lowest BCUT2D eigenvalue weighted by atomic mass is 10.2. The molecule has 26 heavy (non-hydrogen) atoms. The summed E-state index contributed by atoms with van der Waals surface area (Å²) < 4.78 is 5.38. The van der Waals surface area contributed by atoms with Gasteiger partial charge in [-0.1, -0.05) is 35.3 Å². The van der Waals surface area contributed by atoms with Gasteiger partial charge in [0.25, 0.3) is 0 Å². The molecule has 6 heteroatoms. The van der Waals surface area contributed by atoms with Crippen molar-refractivity contribution in [2.24, 2.45) is 0 Å². The Kier molecular flexibility index (Phi) is 6.10. The number of furan rings is 1. The molecule has 2 aromatic heterocycles. The summed E-state index contributed by atoms with van der Waals surface area (Å²) in [6, 6.07) is 12.6. The second-order valence-electron chi connectivity index (χ2n) is 5.64. The highest BCUT2D eigenvalue weighted by Gasteiger charge is 2.14. The quantitative estimate of drug-likeness (QED) is 0.545. The molecule has 0 atom stereocenters. The van der Waals surface area contributed by atoms with Gasteiger partial charge in [-0.05, 0) is 47.5 Å². The van der Waals surface area contributed by atoms with Crippen molar-refractivity contribution in [3.05, 3.63) is 94.1 Å². The van der Waals surface area contributed by atoms with Crippen molar-refractivity contribution in [2.75, 3.05) is 0 Å². The highest BCUT2D eigenvalue weighted by Crippen LogP contribution is 2.23. The fourth-order valence-electron chi connectivity index (χ4n) is 2.40. The molecule has 0 unspecified atom stereocenters. The van der Waals surface area contributed by atoms with Crippen LogP contribution in [-0.2, 0) is 17.9 Å². The van der Waals surface area contributed by atoms with Crippen LogP contribution in [0.15, 0.2) is 71.6 Å². The normalized spacial score (nSPS) is 11.0. The monoisotopic (exact) mass is 386 g/mol. The molecular formula is C20H16Cl2N2O2. The SMILES string of the molecule is O=C(/C=C/c1ccc(Cl)c(Cl)c1)N(Cc1cccnc1)Cc1ccco1. The van der Waals surface area contributed by atoms with Gasteiger partial charge >= 0.3 is 0 Å². The number of carbonyl (C=O) groups is 1. The average Bonchev–Trinajstić information content (AvgIpc) is 3.16. The highest BCUT2D eigenvalue weighted by molar-refractivity contribution is 6.42. The van der Waals surface area contributed by atoms with Crippen molar-refractivity contribution >= 4 is 35.2 Å². The van der Waals surface area contributed by atoms with Crippen LogP contribution in [0.4, 0.5) is 0 Å². The number of pyridine rings is 1. The summed E-state index contributed by atoms with van der Waals surface area (Å²) >= 11 is 11.9. The molecule has 0 N–H and O–H groups in total. The molecule has 0 bridgehead atoms. The van der Waals surface area contributed by atoms with Crippen LogP contribution in [0.1, 0.15) is 16.9 Å². The molecule has 3 rings (SSSR count). The van der Waals surface area contributed by atoms with Gasteiger partial charge < -0.3 is 9.32 Å². The topological polar surface area (TPSA) is 46.3 Å². The Balaban J connectivity index is 1.77. The number of halogens is 2. The molecule has 0 radical (unpaired) electrons. The summed E-state index contributed by atoms with van der Waals surface area (Å²) in [6.07, 6.45) is 8.26. The Morgan fingerprint density at radius 1 is 1.12 bits per heavy atom. The van der Waals surface area contributed by atoms with E-state index < -0.39 is 0 Å². The zero-order valence-corrected chi connectivity index (χ0v) is 15.3. The highest BCUT2D eigenvalue weighted by atomic mass is 35.5. The zero-order valence-electron chi connectivity index (χ0n) is 13.8. The number of hydrogen-bond acceptors (Lipinski definition) is 3. The van der Waals surface area contributed by atoms with Gasteiger partial charge in [-0.25, -0.2) is 0 Å². The van der Waals surface area contributed by atoms with E-state index >= 15 is 0 Å². The predicted molar refractivity (Wildman–Crippen MR) is 103 cm³/mol. The molecule has 0 fully saturated rings. The molecule has 2 heterocycles. The maximum atomic E-state index is 12.7. The van der Waals surface area contributed by atoms with Crippen molar-refractivity contribution in [3.63, 3.8) is 0 Å². The van der Waals surface area contributed by atoms with Crippen molar-refractivity contribution in [2.45, 2.75) is 13.1 Å². The number of aromatic nitrogens is 1. The van der Waals surface area contributed by atoms with E-state index in [9.17, 15) is 4.79 Å². The van der Waals surface area contributed by atoms with Crippen LogP contribution in [0.3, 0.4) is 0 Å². The number of amides is 1. The lowest BCUT2D eigenvalue weighted by molar-refractivity contribution is -0.127. The van der Waals surface area contributed by atoms with Crippen molar-refractivity contribution < 1.29 is 9.21 Å². The fraction of sp³-hybridized carbons (Fsp3) is 0.100. The van der Waals surface area contributed by atoms with Gasteiger partial charge in [0.15, 0.2) is 0 Å². The summed E-state index contributed by atoms with van der Waals surface area (Å²) in [5.41, 5.74) is 1.74. The van der Waals surface area contributed by atoms with Gasteiger partial charge in [0.2, 0.25) is 5.91 Å². The molecule has 4 nitrogen and oxygen atoms in total.